The Balaban J connectivity index is 2.87. The number of rotatable bonds is 1. The molecule has 3 heteroatoms. The van der Waals surface area contributed by atoms with Gasteiger partial charge in [0.15, 0.2) is 0 Å². The maximum Gasteiger partial charge on any atom is 0.0775 e. The SMILES string of the molecule is N#CCc1cc(Cl)ccn1. The molecule has 0 aromatic carbocycles. The highest BCUT2D eigenvalue weighted by molar-refractivity contribution is 6.30. The van der Waals surface area contributed by atoms with Crippen LogP contribution in [0.2, 0.25) is 5.02 Å². The van der Waals surface area contributed by atoms with Crippen LogP contribution in [0.15, 0.2) is 18.3 Å². The summed E-state index contributed by atoms with van der Waals surface area (Å²) >= 11 is 5.63. The van der Waals surface area contributed by atoms with Crippen molar-refractivity contribution >= 4 is 11.6 Å². The zero-order valence-electron chi connectivity index (χ0n) is 5.21. The molecule has 0 amide bonds. The van der Waals surface area contributed by atoms with Gasteiger partial charge in [0.05, 0.1) is 18.2 Å². The second-order valence-corrected chi connectivity index (χ2v) is 2.24. The molecule has 1 rings (SSSR count). The fraction of sp³-hybridized carbons (Fsp3) is 0.143. The lowest BCUT2D eigenvalue weighted by Gasteiger charge is -1.91. The van der Waals surface area contributed by atoms with Crippen LogP contribution in [0.3, 0.4) is 0 Å². The van der Waals surface area contributed by atoms with Gasteiger partial charge in [-0.25, -0.2) is 0 Å². The lowest BCUT2D eigenvalue weighted by molar-refractivity contribution is 1.12. The molecule has 0 spiro atoms. The van der Waals surface area contributed by atoms with Gasteiger partial charge < -0.3 is 0 Å². The first-order valence-electron chi connectivity index (χ1n) is 2.80. The van der Waals surface area contributed by atoms with E-state index in [-0.39, 0.29) is 0 Å². The summed E-state index contributed by atoms with van der Waals surface area (Å²) in [6.45, 7) is 0. The predicted molar refractivity (Wildman–Crippen MR) is 38.6 cm³/mol. The Morgan fingerprint density at radius 2 is 2.50 bits per heavy atom. The minimum atomic E-state index is 0.320. The molecule has 0 atom stereocenters. The van der Waals surface area contributed by atoms with E-state index < -0.39 is 0 Å². The van der Waals surface area contributed by atoms with Crippen LogP contribution in [0.4, 0.5) is 0 Å². The summed E-state index contributed by atoms with van der Waals surface area (Å²) in [7, 11) is 0. The second-order valence-electron chi connectivity index (χ2n) is 1.80. The summed E-state index contributed by atoms with van der Waals surface area (Å²) in [5.41, 5.74) is 0.718. The molecule has 1 aromatic heterocycles. The van der Waals surface area contributed by atoms with E-state index >= 15 is 0 Å². The van der Waals surface area contributed by atoms with E-state index in [4.69, 9.17) is 16.9 Å². The van der Waals surface area contributed by atoms with Crippen molar-refractivity contribution in [3.63, 3.8) is 0 Å². The number of pyridine rings is 1. The average Bonchev–Trinajstić information content (AvgIpc) is 1.88. The van der Waals surface area contributed by atoms with Gasteiger partial charge in [-0.2, -0.15) is 5.26 Å². The van der Waals surface area contributed by atoms with Crippen molar-refractivity contribution in [2.45, 2.75) is 6.42 Å². The molecule has 0 bridgehead atoms. The van der Waals surface area contributed by atoms with Crippen LogP contribution in [0.1, 0.15) is 5.69 Å². The van der Waals surface area contributed by atoms with Gasteiger partial charge in [0.1, 0.15) is 0 Å². The molecule has 0 aliphatic carbocycles. The molecule has 2 nitrogen and oxygen atoms in total. The summed E-state index contributed by atoms with van der Waals surface area (Å²) in [5, 5.41) is 8.90. The molecule has 0 N–H and O–H groups in total. The van der Waals surface area contributed by atoms with E-state index in [9.17, 15) is 0 Å². The molecule has 0 aliphatic heterocycles. The Morgan fingerprint density at radius 3 is 3.10 bits per heavy atom. The van der Waals surface area contributed by atoms with Crippen molar-refractivity contribution in [1.29, 1.82) is 5.26 Å². The quantitative estimate of drug-likeness (QED) is 0.615. The largest absolute Gasteiger partial charge is 0.260 e. The van der Waals surface area contributed by atoms with E-state index in [2.05, 4.69) is 4.98 Å². The van der Waals surface area contributed by atoms with Crippen molar-refractivity contribution in [1.82, 2.24) is 4.98 Å². The summed E-state index contributed by atoms with van der Waals surface area (Å²) in [4.78, 5) is 3.92. The van der Waals surface area contributed by atoms with Crippen LogP contribution in [0.5, 0.6) is 0 Å². The van der Waals surface area contributed by atoms with Gasteiger partial charge in [-0.1, -0.05) is 11.6 Å². The van der Waals surface area contributed by atoms with Crippen LogP contribution < -0.4 is 0 Å². The molecule has 0 radical (unpaired) electrons. The van der Waals surface area contributed by atoms with Crippen molar-refractivity contribution in [2.75, 3.05) is 0 Å². The average molecular weight is 153 g/mol. The van der Waals surface area contributed by atoms with Crippen LogP contribution in [0.25, 0.3) is 0 Å². The molecule has 1 heterocycles. The maximum absolute atomic E-state index is 8.28. The topological polar surface area (TPSA) is 36.7 Å². The Kier molecular flexibility index (Phi) is 2.24. The third-order valence-electron chi connectivity index (χ3n) is 1.04. The Labute approximate surface area is 64.1 Å². The number of hydrogen-bond donors (Lipinski definition) is 0. The fourth-order valence-electron chi connectivity index (χ4n) is 0.626. The first-order chi connectivity index (χ1) is 4.83. The van der Waals surface area contributed by atoms with Crippen LogP contribution in [-0.4, -0.2) is 4.98 Å². The van der Waals surface area contributed by atoms with Gasteiger partial charge in [-0.3, -0.25) is 4.98 Å². The van der Waals surface area contributed by atoms with Gasteiger partial charge in [-0.15, -0.1) is 0 Å². The molecule has 50 valence electrons. The highest BCUT2D eigenvalue weighted by atomic mass is 35.5. The Hall–Kier alpha value is -1.07. The van der Waals surface area contributed by atoms with E-state index in [1.54, 1.807) is 18.3 Å². The Morgan fingerprint density at radius 1 is 1.70 bits per heavy atom. The van der Waals surface area contributed by atoms with Gasteiger partial charge in [-0.05, 0) is 12.1 Å². The van der Waals surface area contributed by atoms with Crippen molar-refractivity contribution in [2.24, 2.45) is 0 Å². The zero-order chi connectivity index (χ0) is 7.40. The molecular weight excluding hydrogens is 148 g/mol. The molecule has 0 unspecified atom stereocenters. The Bertz CT molecular complexity index is 265. The van der Waals surface area contributed by atoms with Crippen molar-refractivity contribution < 1.29 is 0 Å². The summed E-state index contributed by atoms with van der Waals surface area (Å²) in [6.07, 6.45) is 1.91. The number of halogens is 1. The predicted octanol–water partition coefficient (Wildman–Crippen LogP) is 1.80. The minimum absolute atomic E-state index is 0.320. The normalized spacial score (nSPS) is 8.80. The van der Waals surface area contributed by atoms with Gasteiger partial charge in [0.2, 0.25) is 0 Å². The highest BCUT2D eigenvalue weighted by Crippen LogP contribution is 2.07. The van der Waals surface area contributed by atoms with Crippen LogP contribution >= 0.6 is 11.6 Å². The number of nitriles is 1. The minimum Gasteiger partial charge on any atom is -0.260 e. The number of hydrogen-bond acceptors (Lipinski definition) is 2. The van der Waals surface area contributed by atoms with Crippen molar-refractivity contribution in [3.8, 4) is 6.07 Å². The van der Waals surface area contributed by atoms with Gasteiger partial charge in [0, 0.05) is 11.2 Å². The van der Waals surface area contributed by atoms with E-state index in [1.165, 1.54) is 0 Å². The number of aromatic nitrogens is 1. The molecule has 1 aromatic rings. The summed E-state index contributed by atoms with van der Waals surface area (Å²) in [5.74, 6) is 0. The zero-order valence-corrected chi connectivity index (χ0v) is 5.97. The smallest absolute Gasteiger partial charge is 0.0775 e. The molecule has 0 saturated carbocycles. The summed E-state index contributed by atoms with van der Waals surface area (Å²) < 4.78 is 0. The monoisotopic (exact) mass is 152 g/mol. The van der Waals surface area contributed by atoms with Crippen LogP contribution in [0, 0.1) is 11.3 Å². The molecule has 10 heavy (non-hydrogen) atoms. The molecular formula is C7H5ClN2. The van der Waals surface area contributed by atoms with E-state index in [0.29, 0.717) is 11.4 Å². The first kappa shape index (κ1) is 7.04. The lowest BCUT2D eigenvalue weighted by atomic mass is 10.3. The summed E-state index contributed by atoms with van der Waals surface area (Å²) in [6, 6.07) is 5.36. The second kappa shape index (κ2) is 3.19. The molecule has 0 aliphatic rings. The lowest BCUT2D eigenvalue weighted by Crippen LogP contribution is -1.84. The first-order valence-corrected chi connectivity index (χ1v) is 3.18. The maximum atomic E-state index is 8.28. The van der Waals surface area contributed by atoms with E-state index in [1.807, 2.05) is 6.07 Å². The van der Waals surface area contributed by atoms with Gasteiger partial charge in [0.25, 0.3) is 0 Å². The standard InChI is InChI=1S/C7H5ClN2/c8-6-2-4-10-7(5-6)1-3-9/h2,4-5H,1H2. The fourth-order valence-corrected chi connectivity index (χ4v) is 0.809. The van der Waals surface area contributed by atoms with Gasteiger partial charge >= 0.3 is 0 Å². The third kappa shape index (κ3) is 1.71. The van der Waals surface area contributed by atoms with Crippen LogP contribution in [-0.2, 0) is 6.42 Å². The number of nitrogens with zero attached hydrogens (tertiary/aromatic N) is 2. The third-order valence-corrected chi connectivity index (χ3v) is 1.27. The highest BCUT2D eigenvalue weighted by Gasteiger charge is 1.92. The molecule has 0 fully saturated rings. The molecule has 0 saturated heterocycles. The van der Waals surface area contributed by atoms with E-state index in [0.717, 1.165) is 5.69 Å². The van der Waals surface area contributed by atoms with Crippen molar-refractivity contribution in [3.05, 3.63) is 29.0 Å².